The van der Waals surface area contributed by atoms with E-state index in [-0.39, 0.29) is 5.78 Å². The Labute approximate surface area is 102 Å². The van der Waals surface area contributed by atoms with Crippen molar-refractivity contribution in [1.29, 1.82) is 5.26 Å². The maximum Gasteiger partial charge on any atom is 0.153 e. The topological polar surface area (TPSA) is 40.9 Å². The average molecular weight is 227 g/mol. The van der Waals surface area contributed by atoms with E-state index in [0.29, 0.717) is 6.42 Å². The van der Waals surface area contributed by atoms with E-state index in [9.17, 15) is 10.1 Å². The van der Waals surface area contributed by atoms with Crippen LogP contribution in [0.3, 0.4) is 0 Å². The number of hydrogen-bond donors (Lipinski definition) is 0. The molecule has 17 heavy (non-hydrogen) atoms. The Kier molecular flexibility index (Phi) is 3.58. The van der Waals surface area contributed by atoms with Gasteiger partial charge < -0.3 is 0 Å². The van der Waals surface area contributed by atoms with Crippen LogP contribution in [0, 0.1) is 16.7 Å². The molecule has 1 atom stereocenters. The van der Waals surface area contributed by atoms with Crippen LogP contribution in [0.5, 0.6) is 0 Å². The first kappa shape index (κ1) is 11.9. The lowest BCUT2D eigenvalue weighted by atomic mass is 9.81. The molecule has 0 saturated heterocycles. The smallest absolute Gasteiger partial charge is 0.153 e. The second kappa shape index (κ2) is 5.14. The highest BCUT2D eigenvalue weighted by molar-refractivity contribution is 5.89. The summed E-state index contributed by atoms with van der Waals surface area (Å²) in [5, 5.41) is 9.21. The molecule has 88 valence electrons. The van der Waals surface area contributed by atoms with Crippen molar-refractivity contribution in [1.82, 2.24) is 0 Å². The largest absolute Gasteiger partial charge is 0.298 e. The molecule has 0 aliphatic heterocycles. The van der Waals surface area contributed by atoms with Crippen molar-refractivity contribution in [3.63, 3.8) is 0 Å². The standard InChI is InChI=1S/C15H17NO/c16-12-15(11-5-9-14(15)17)10-4-8-13-6-2-1-3-7-13/h1-3,6-7H,4-5,8-11H2. The number of nitrogens with zero attached hydrogens (tertiary/aromatic N) is 1. The number of aryl methyl sites for hydroxylation is 1. The van der Waals surface area contributed by atoms with Crippen LogP contribution in [0.2, 0.25) is 0 Å². The fourth-order valence-corrected chi connectivity index (χ4v) is 2.61. The third-order valence-electron chi connectivity index (χ3n) is 3.67. The molecule has 1 aliphatic rings. The maximum absolute atomic E-state index is 11.7. The molecule has 0 bridgehead atoms. The molecule has 0 spiro atoms. The van der Waals surface area contributed by atoms with Crippen LogP contribution in [0.1, 0.15) is 37.7 Å². The zero-order chi connectivity index (χ0) is 12.1. The van der Waals surface area contributed by atoms with Crippen LogP contribution >= 0.6 is 0 Å². The highest BCUT2D eigenvalue weighted by atomic mass is 16.1. The third kappa shape index (κ3) is 2.55. The summed E-state index contributed by atoms with van der Waals surface area (Å²) in [5.41, 5.74) is 0.625. The van der Waals surface area contributed by atoms with Crippen molar-refractivity contribution in [2.75, 3.05) is 0 Å². The van der Waals surface area contributed by atoms with Gasteiger partial charge in [-0.05, 0) is 37.7 Å². The lowest BCUT2D eigenvalue weighted by Gasteiger charge is -2.17. The van der Waals surface area contributed by atoms with Gasteiger partial charge in [0.2, 0.25) is 0 Å². The van der Waals surface area contributed by atoms with Crippen molar-refractivity contribution in [3.05, 3.63) is 35.9 Å². The van der Waals surface area contributed by atoms with E-state index in [4.69, 9.17) is 0 Å². The first-order valence-corrected chi connectivity index (χ1v) is 6.25. The molecule has 1 fully saturated rings. The fourth-order valence-electron chi connectivity index (χ4n) is 2.61. The Hall–Kier alpha value is -1.62. The molecule has 2 nitrogen and oxygen atoms in total. The predicted octanol–water partition coefficient (Wildman–Crippen LogP) is 3.27. The second-order valence-corrected chi connectivity index (χ2v) is 4.81. The van der Waals surface area contributed by atoms with E-state index in [1.807, 2.05) is 18.2 Å². The van der Waals surface area contributed by atoms with Crippen LogP contribution < -0.4 is 0 Å². The number of carbonyl (C=O) groups excluding carboxylic acids is 1. The van der Waals surface area contributed by atoms with Gasteiger partial charge in [0.15, 0.2) is 5.78 Å². The minimum absolute atomic E-state index is 0.160. The summed E-state index contributed by atoms with van der Waals surface area (Å²) in [4.78, 5) is 11.7. The summed E-state index contributed by atoms with van der Waals surface area (Å²) in [6.45, 7) is 0. The molecule has 1 saturated carbocycles. The molecule has 1 aromatic carbocycles. The van der Waals surface area contributed by atoms with Crippen molar-refractivity contribution in [3.8, 4) is 6.07 Å². The van der Waals surface area contributed by atoms with E-state index < -0.39 is 5.41 Å². The normalized spacial score (nSPS) is 23.6. The van der Waals surface area contributed by atoms with E-state index >= 15 is 0 Å². The zero-order valence-corrected chi connectivity index (χ0v) is 9.98. The molecule has 2 heteroatoms. The molecule has 0 amide bonds. The summed E-state index contributed by atoms with van der Waals surface area (Å²) in [7, 11) is 0. The summed E-state index contributed by atoms with van der Waals surface area (Å²) in [6, 6.07) is 12.5. The lowest BCUT2D eigenvalue weighted by molar-refractivity contribution is -0.123. The van der Waals surface area contributed by atoms with E-state index in [0.717, 1.165) is 32.1 Å². The Balaban J connectivity index is 1.90. The van der Waals surface area contributed by atoms with Gasteiger partial charge in [0.1, 0.15) is 5.41 Å². The van der Waals surface area contributed by atoms with Gasteiger partial charge in [-0.2, -0.15) is 5.26 Å². The number of rotatable bonds is 4. The van der Waals surface area contributed by atoms with E-state index in [2.05, 4.69) is 18.2 Å². The lowest BCUT2D eigenvalue weighted by Crippen LogP contribution is -2.23. The Morgan fingerprint density at radius 3 is 2.65 bits per heavy atom. The maximum atomic E-state index is 11.7. The molecule has 0 radical (unpaired) electrons. The van der Waals surface area contributed by atoms with Crippen LogP contribution in [-0.2, 0) is 11.2 Å². The predicted molar refractivity (Wildman–Crippen MR) is 66.3 cm³/mol. The number of Topliss-reactive ketones (excluding diaryl/α,β-unsaturated/α-hetero) is 1. The van der Waals surface area contributed by atoms with Gasteiger partial charge in [0, 0.05) is 6.42 Å². The minimum Gasteiger partial charge on any atom is -0.298 e. The van der Waals surface area contributed by atoms with Crippen molar-refractivity contribution >= 4 is 5.78 Å². The second-order valence-electron chi connectivity index (χ2n) is 4.81. The number of ketones is 1. The Morgan fingerprint density at radius 1 is 1.29 bits per heavy atom. The number of benzene rings is 1. The Morgan fingerprint density at radius 2 is 2.06 bits per heavy atom. The van der Waals surface area contributed by atoms with Gasteiger partial charge in [0.05, 0.1) is 6.07 Å². The van der Waals surface area contributed by atoms with Gasteiger partial charge in [-0.3, -0.25) is 4.79 Å². The molecule has 0 aromatic heterocycles. The van der Waals surface area contributed by atoms with E-state index in [1.165, 1.54) is 5.56 Å². The van der Waals surface area contributed by atoms with Crippen LogP contribution in [0.15, 0.2) is 30.3 Å². The third-order valence-corrected chi connectivity index (χ3v) is 3.67. The van der Waals surface area contributed by atoms with E-state index in [1.54, 1.807) is 0 Å². The molecule has 0 heterocycles. The SMILES string of the molecule is N#CC1(CCCc2ccccc2)CCCC1=O. The number of nitriles is 1. The molecule has 2 rings (SSSR count). The first-order chi connectivity index (χ1) is 8.27. The minimum atomic E-state index is -0.658. The monoisotopic (exact) mass is 227 g/mol. The summed E-state index contributed by atoms with van der Waals surface area (Å²) < 4.78 is 0. The molecule has 1 unspecified atom stereocenters. The highest BCUT2D eigenvalue weighted by Crippen LogP contribution is 2.38. The summed E-state index contributed by atoms with van der Waals surface area (Å²) >= 11 is 0. The van der Waals surface area contributed by atoms with Gasteiger partial charge in [-0.1, -0.05) is 30.3 Å². The number of hydrogen-bond acceptors (Lipinski definition) is 2. The van der Waals surface area contributed by atoms with Crippen LogP contribution in [0.4, 0.5) is 0 Å². The molecule has 1 aliphatic carbocycles. The quantitative estimate of drug-likeness (QED) is 0.792. The molecule has 0 N–H and O–H groups in total. The van der Waals surface area contributed by atoms with Gasteiger partial charge in [0.25, 0.3) is 0 Å². The van der Waals surface area contributed by atoms with Crippen LogP contribution in [-0.4, -0.2) is 5.78 Å². The molecular weight excluding hydrogens is 210 g/mol. The zero-order valence-electron chi connectivity index (χ0n) is 9.98. The van der Waals surface area contributed by atoms with Crippen molar-refractivity contribution < 1.29 is 4.79 Å². The fraction of sp³-hybridized carbons (Fsp3) is 0.467. The first-order valence-electron chi connectivity index (χ1n) is 6.25. The van der Waals surface area contributed by atoms with Crippen molar-refractivity contribution in [2.45, 2.75) is 38.5 Å². The average Bonchev–Trinajstić information content (AvgIpc) is 2.73. The van der Waals surface area contributed by atoms with Crippen molar-refractivity contribution in [2.24, 2.45) is 5.41 Å². The molecule has 1 aromatic rings. The Bertz CT molecular complexity index is 432. The molecular formula is C15H17NO. The van der Waals surface area contributed by atoms with Gasteiger partial charge in [-0.25, -0.2) is 0 Å². The highest BCUT2D eigenvalue weighted by Gasteiger charge is 2.41. The van der Waals surface area contributed by atoms with Gasteiger partial charge in [-0.15, -0.1) is 0 Å². The number of carbonyl (C=O) groups is 1. The summed E-state index contributed by atoms with van der Waals surface area (Å²) in [6.07, 6.45) is 4.84. The van der Waals surface area contributed by atoms with Gasteiger partial charge >= 0.3 is 0 Å². The summed E-state index contributed by atoms with van der Waals surface area (Å²) in [5.74, 6) is 0.160. The van der Waals surface area contributed by atoms with Crippen LogP contribution in [0.25, 0.3) is 0 Å².